The Morgan fingerprint density at radius 2 is 1.17 bits per heavy atom. The molecule has 2 rings (SSSR count). The van der Waals surface area contributed by atoms with Crippen molar-refractivity contribution in [1.29, 1.82) is 0 Å². The van der Waals surface area contributed by atoms with Crippen molar-refractivity contribution in [3.63, 3.8) is 0 Å². The summed E-state index contributed by atoms with van der Waals surface area (Å²) in [6, 6.07) is 16.9. The van der Waals surface area contributed by atoms with E-state index in [1.54, 1.807) is 0 Å². The summed E-state index contributed by atoms with van der Waals surface area (Å²) in [5.41, 5.74) is 10.4. The Kier molecular flexibility index (Phi) is 4.51. The summed E-state index contributed by atoms with van der Waals surface area (Å²) in [6.07, 6.45) is 1.64. The minimum absolute atomic E-state index is 0.202. The van der Waals surface area contributed by atoms with Crippen molar-refractivity contribution in [3.05, 3.63) is 59.7 Å². The molecule has 0 atom stereocenters. The second-order valence-electron chi connectivity index (χ2n) is 4.41. The Balaban J connectivity index is 2.15. The fourth-order valence-corrected chi connectivity index (χ4v) is 2.02. The van der Waals surface area contributed by atoms with Gasteiger partial charge in [-0.15, -0.1) is 0 Å². The van der Waals surface area contributed by atoms with Crippen LogP contribution in [0.4, 0.5) is 0 Å². The molecule has 3 N–H and O–H groups in total. The Hall–Kier alpha value is -1.64. The van der Waals surface area contributed by atoms with Crippen LogP contribution in [0.5, 0.6) is 0 Å². The molecule has 0 saturated heterocycles. The fraction of sp³-hybridized carbons (Fsp3) is 0.250. The minimum atomic E-state index is 0.202. The Bertz CT molecular complexity index is 426. The first-order chi connectivity index (χ1) is 8.83. The topological polar surface area (TPSA) is 46.2 Å². The van der Waals surface area contributed by atoms with E-state index in [2.05, 4.69) is 48.5 Å². The predicted octanol–water partition coefficient (Wildman–Crippen LogP) is 2.39. The van der Waals surface area contributed by atoms with E-state index in [0.717, 1.165) is 12.8 Å². The quantitative estimate of drug-likeness (QED) is 0.844. The fourth-order valence-electron chi connectivity index (χ4n) is 2.02. The average Bonchev–Trinajstić information content (AvgIpc) is 2.41. The van der Waals surface area contributed by atoms with E-state index in [4.69, 9.17) is 10.8 Å². The number of hydrogen-bond acceptors (Lipinski definition) is 2. The first-order valence-corrected chi connectivity index (χ1v) is 6.32. The lowest BCUT2D eigenvalue weighted by atomic mass is 10.0. The van der Waals surface area contributed by atoms with Crippen LogP contribution in [0.25, 0.3) is 11.1 Å². The summed E-state index contributed by atoms with van der Waals surface area (Å²) in [5, 5.41) is 8.88. The van der Waals surface area contributed by atoms with Gasteiger partial charge in [-0.1, -0.05) is 48.5 Å². The highest BCUT2D eigenvalue weighted by molar-refractivity contribution is 5.63. The van der Waals surface area contributed by atoms with Crippen LogP contribution in [0.2, 0.25) is 0 Å². The summed E-state index contributed by atoms with van der Waals surface area (Å²) < 4.78 is 0. The van der Waals surface area contributed by atoms with E-state index < -0.39 is 0 Å². The van der Waals surface area contributed by atoms with Gasteiger partial charge in [-0.2, -0.15) is 0 Å². The van der Waals surface area contributed by atoms with Gasteiger partial charge < -0.3 is 10.8 Å². The smallest absolute Gasteiger partial charge is 0.0471 e. The third-order valence-electron chi connectivity index (χ3n) is 3.07. The molecule has 0 aliphatic rings. The van der Waals surface area contributed by atoms with Crippen molar-refractivity contribution >= 4 is 0 Å². The predicted molar refractivity (Wildman–Crippen MR) is 75.4 cm³/mol. The van der Waals surface area contributed by atoms with Gasteiger partial charge >= 0.3 is 0 Å². The Labute approximate surface area is 108 Å². The van der Waals surface area contributed by atoms with Gasteiger partial charge in [0, 0.05) is 6.61 Å². The number of nitrogens with two attached hydrogens (primary N) is 1. The molecule has 0 saturated carbocycles. The number of aliphatic hydroxyl groups excluding tert-OH is 1. The summed E-state index contributed by atoms with van der Waals surface area (Å²) in [7, 11) is 0. The van der Waals surface area contributed by atoms with Crippen molar-refractivity contribution in [2.45, 2.75) is 12.8 Å². The monoisotopic (exact) mass is 241 g/mol. The maximum absolute atomic E-state index is 8.88. The van der Waals surface area contributed by atoms with Gasteiger partial charge in [-0.05, 0) is 41.6 Å². The third-order valence-corrected chi connectivity index (χ3v) is 3.07. The molecule has 0 heterocycles. The van der Waals surface area contributed by atoms with E-state index in [1.807, 2.05) is 0 Å². The summed E-state index contributed by atoms with van der Waals surface area (Å²) in [6.45, 7) is 0.891. The number of rotatable bonds is 5. The highest BCUT2D eigenvalue weighted by Crippen LogP contribution is 2.20. The molecule has 0 spiro atoms. The van der Waals surface area contributed by atoms with Crippen molar-refractivity contribution in [2.24, 2.45) is 5.73 Å². The molecule has 0 bridgehead atoms. The molecule has 0 fully saturated rings. The van der Waals surface area contributed by atoms with Gasteiger partial charge in [0.25, 0.3) is 0 Å². The molecule has 2 heteroatoms. The van der Waals surface area contributed by atoms with Crippen LogP contribution < -0.4 is 5.73 Å². The molecule has 0 aliphatic heterocycles. The molecule has 0 unspecified atom stereocenters. The van der Waals surface area contributed by atoms with Gasteiger partial charge in [-0.25, -0.2) is 0 Å². The zero-order valence-electron chi connectivity index (χ0n) is 10.5. The first-order valence-electron chi connectivity index (χ1n) is 6.32. The van der Waals surface area contributed by atoms with E-state index >= 15 is 0 Å². The van der Waals surface area contributed by atoms with Crippen LogP contribution in [-0.4, -0.2) is 18.3 Å². The summed E-state index contributed by atoms with van der Waals surface area (Å²) in [5.74, 6) is 0. The second kappa shape index (κ2) is 6.34. The van der Waals surface area contributed by atoms with E-state index in [0.29, 0.717) is 6.54 Å². The molecule has 0 radical (unpaired) electrons. The van der Waals surface area contributed by atoms with E-state index in [1.165, 1.54) is 22.3 Å². The SMILES string of the molecule is NCCc1ccc(-c2ccc(CCO)cc2)cc1. The molecular formula is C16H19NO. The van der Waals surface area contributed by atoms with Gasteiger partial charge in [0.1, 0.15) is 0 Å². The highest BCUT2D eigenvalue weighted by Gasteiger charge is 1.99. The molecule has 2 nitrogen and oxygen atoms in total. The lowest BCUT2D eigenvalue weighted by Gasteiger charge is -2.05. The van der Waals surface area contributed by atoms with Crippen LogP contribution in [0.15, 0.2) is 48.5 Å². The zero-order chi connectivity index (χ0) is 12.8. The Morgan fingerprint density at radius 3 is 1.56 bits per heavy atom. The Morgan fingerprint density at radius 1 is 0.722 bits per heavy atom. The lowest BCUT2D eigenvalue weighted by Crippen LogP contribution is -2.02. The van der Waals surface area contributed by atoms with Gasteiger partial charge in [-0.3, -0.25) is 0 Å². The largest absolute Gasteiger partial charge is 0.396 e. The van der Waals surface area contributed by atoms with Crippen molar-refractivity contribution < 1.29 is 5.11 Å². The average molecular weight is 241 g/mol. The lowest BCUT2D eigenvalue weighted by molar-refractivity contribution is 0.299. The highest BCUT2D eigenvalue weighted by atomic mass is 16.2. The molecule has 2 aromatic carbocycles. The maximum Gasteiger partial charge on any atom is 0.0471 e. The standard InChI is InChI=1S/C16H19NO/c17-11-9-13-1-5-15(6-2-13)16-7-3-14(4-8-16)10-12-18/h1-8,18H,9-12,17H2. The van der Waals surface area contributed by atoms with Crippen LogP contribution in [0.3, 0.4) is 0 Å². The molecule has 0 aliphatic carbocycles. The maximum atomic E-state index is 8.88. The third kappa shape index (κ3) is 3.19. The van der Waals surface area contributed by atoms with E-state index in [-0.39, 0.29) is 6.61 Å². The normalized spacial score (nSPS) is 10.6. The number of aliphatic hydroxyl groups is 1. The molecular weight excluding hydrogens is 222 g/mol. The molecule has 18 heavy (non-hydrogen) atoms. The van der Waals surface area contributed by atoms with Crippen molar-refractivity contribution in [3.8, 4) is 11.1 Å². The number of hydrogen-bond donors (Lipinski definition) is 2. The van der Waals surface area contributed by atoms with Crippen LogP contribution in [0, 0.1) is 0 Å². The van der Waals surface area contributed by atoms with Crippen LogP contribution >= 0.6 is 0 Å². The van der Waals surface area contributed by atoms with Crippen LogP contribution in [0.1, 0.15) is 11.1 Å². The first kappa shape index (κ1) is 12.8. The molecule has 2 aromatic rings. The summed E-state index contributed by atoms with van der Waals surface area (Å²) >= 11 is 0. The zero-order valence-corrected chi connectivity index (χ0v) is 10.5. The van der Waals surface area contributed by atoms with E-state index in [9.17, 15) is 0 Å². The molecule has 94 valence electrons. The van der Waals surface area contributed by atoms with Crippen molar-refractivity contribution in [2.75, 3.05) is 13.2 Å². The van der Waals surface area contributed by atoms with Gasteiger partial charge in [0.2, 0.25) is 0 Å². The minimum Gasteiger partial charge on any atom is -0.396 e. The van der Waals surface area contributed by atoms with Gasteiger partial charge in [0.05, 0.1) is 0 Å². The van der Waals surface area contributed by atoms with Crippen LogP contribution in [-0.2, 0) is 12.8 Å². The van der Waals surface area contributed by atoms with Crippen molar-refractivity contribution in [1.82, 2.24) is 0 Å². The number of benzene rings is 2. The second-order valence-corrected chi connectivity index (χ2v) is 4.41. The molecule has 0 amide bonds. The summed E-state index contributed by atoms with van der Waals surface area (Å²) in [4.78, 5) is 0. The molecule has 0 aromatic heterocycles. The van der Waals surface area contributed by atoms with Gasteiger partial charge in [0.15, 0.2) is 0 Å².